The molecule has 0 aliphatic carbocycles. The highest BCUT2D eigenvalue weighted by Crippen LogP contribution is 2.29. The summed E-state index contributed by atoms with van der Waals surface area (Å²) in [6.45, 7) is 1.22. The van der Waals surface area contributed by atoms with Crippen LogP contribution in [0.2, 0.25) is 0 Å². The fraction of sp³-hybridized carbons (Fsp3) is 0.333. The van der Waals surface area contributed by atoms with Crippen molar-refractivity contribution in [3.63, 3.8) is 0 Å². The highest BCUT2D eigenvalue weighted by Gasteiger charge is 2.32. The van der Waals surface area contributed by atoms with E-state index in [1.807, 2.05) is 0 Å². The van der Waals surface area contributed by atoms with Crippen molar-refractivity contribution in [2.75, 3.05) is 6.61 Å². The number of hydrogen-bond donors (Lipinski definition) is 0. The molecule has 0 unspecified atom stereocenters. The molecule has 0 aliphatic heterocycles. The first-order valence-electron chi connectivity index (χ1n) is 4.68. The van der Waals surface area contributed by atoms with Gasteiger partial charge >= 0.3 is 17.7 Å². The summed E-state index contributed by atoms with van der Waals surface area (Å²) in [6.07, 6.45) is -3.26. The largest absolute Gasteiger partial charge is 0.462 e. The predicted molar refractivity (Wildman–Crippen MR) is 51.8 cm³/mol. The van der Waals surface area contributed by atoms with Crippen LogP contribution in [0.1, 0.15) is 29.3 Å². The summed E-state index contributed by atoms with van der Waals surface area (Å²) in [4.78, 5) is 23.6. The van der Waals surface area contributed by atoms with Crippen LogP contribution in [-0.2, 0) is 4.74 Å². The van der Waals surface area contributed by atoms with Gasteiger partial charge in [-0.2, -0.15) is 4.39 Å². The highest BCUT2D eigenvalue weighted by atomic mass is 19.3. The Labute approximate surface area is 98.5 Å². The molecule has 0 spiro atoms. The first-order valence-corrected chi connectivity index (χ1v) is 4.68. The lowest BCUT2D eigenvalue weighted by molar-refractivity contribution is -0.390. The number of halogens is 3. The topological polar surface area (TPSA) is 82.3 Å². The van der Waals surface area contributed by atoms with Crippen molar-refractivity contribution in [1.29, 1.82) is 0 Å². The third kappa shape index (κ3) is 2.73. The van der Waals surface area contributed by atoms with E-state index in [1.165, 1.54) is 6.92 Å². The summed E-state index contributed by atoms with van der Waals surface area (Å²) >= 11 is 0. The SMILES string of the molecule is CCOC(=O)c1c(C(F)F)cc(F)nc1[N+](=O)[O-]. The highest BCUT2D eigenvalue weighted by molar-refractivity contribution is 5.94. The summed E-state index contributed by atoms with van der Waals surface area (Å²) in [6, 6.07) is 0.268. The fourth-order valence-electron chi connectivity index (χ4n) is 1.24. The molecule has 0 saturated carbocycles. The quantitative estimate of drug-likeness (QED) is 0.360. The summed E-state index contributed by atoms with van der Waals surface area (Å²) < 4.78 is 42.5. The molecule has 1 rings (SSSR count). The van der Waals surface area contributed by atoms with Crippen LogP contribution in [0.15, 0.2) is 6.07 Å². The van der Waals surface area contributed by atoms with Crippen molar-refractivity contribution < 1.29 is 27.6 Å². The smallest absolute Gasteiger partial charge is 0.381 e. The maximum Gasteiger partial charge on any atom is 0.381 e. The minimum absolute atomic E-state index is 0.171. The Hall–Kier alpha value is -2.19. The molecule has 1 aromatic heterocycles. The molecular weight excluding hydrogens is 257 g/mol. The van der Waals surface area contributed by atoms with Crippen LogP contribution >= 0.6 is 0 Å². The average Bonchev–Trinajstić information content (AvgIpc) is 2.27. The number of carbonyl (C=O) groups excluding carboxylic acids is 1. The van der Waals surface area contributed by atoms with Gasteiger partial charge < -0.3 is 14.9 Å². The molecule has 18 heavy (non-hydrogen) atoms. The van der Waals surface area contributed by atoms with Crippen LogP contribution in [0.4, 0.5) is 19.0 Å². The van der Waals surface area contributed by atoms with Gasteiger partial charge in [-0.3, -0.25) is 0 Å². The Morgan fingerprint density at radius 1 is 1.61 bits per heavy atom. The predicted octanol–water partition coefficient (Wildman–Crippen LogP) is 2.24. The van der Waals surface area contributed by atoms with E-state index in [9.17, 15) is 28.1 Å². The number of nitro groups is 1. The van der Waals surface area contributed by atoms with Crippen LogP contribution in [-0.4, -0.2) is 22.5 Å². The standard InChI is InChI=1S/C9H7F3N2O4/c1-2-18-9(15)6-4(7(11)12)3-5(10)13-8(6)14(16)17/h3,7H,2H2,1H3. The maximum atomic E-state index is 12.9. The number of alkyl halides is 2. The average molecular weight is 264 g/mol. The first-order chi connectivity index (χ1) is 8.38. The van der Waals surface area contributed by atoms with Gasteiger partial charge in [-0.15, -0.1) is 0 Å². The van der Waals surface area contributed by atoms with E-state index in [4.69, 9.17) is 0 Å². The molecule has 0 radical (unpaired) electrons. The molecule has 0 N–H and O–H groups in total. The van der Waals surface area contributed by atoms with Crippen LogP contribution < -0.4 is 0 Å². The molecule has 98 valence electrons. The molecule has 0 aromatic carbocycles. The second-order valence-electron chi connectivity index (χ2n) is 3.01. The second-order valence-corrected chi connectivity index (χ2v) is 3.01. The fourth-order valence-corrected chi connectivity index (χ4v) is 1.24. The summed E-state index contributed by atoms with van der Waals surface area (Å²) in [7, 11) is 0. The number of nitrogens with zero attached hydrogens (tertiary/aromatic N) is 2. The Balaban J connectivity index is 3.50. The molecule has 0 fully saturated rings. The minimum atomic E-state index is -3.26. The lowest BCUT2D eigenvalue weighted by Gasteiger charge is -2.07. The zero-order valence-electron chi connectivity index (χ0n) is 9.02. The molecule has 1 heterocycles. The summed E-state index contributed by atoms with van der Waals surface area (Å²) in [5.74, 6) is -4.10. The number of esters is 1. The third-order valence-corrected chi connectivity index (χ3v) is 1.89. The molecule has 0 saturated heterocycles. The van der Waals surface area contributed by atoms with Crippen LogP contribution in [0.5, 0.6) is 0 Å². The van der Waals surface area contributed by atoms with Crippen molar-refractivity contribution >= 4 is 11.8 Å². The lowest BCUT2D eigenvalue weighted by Crippen LogP contribution is -2.14. The zero-order chi connectivity index (χ0) is 13.9. The number of hydrogen-bond acceptors (Lipinski definition) is 5. The van der Waals surface area contributed by atoms with Crippen LogP contribution in [0.25, 0.3) is 0 Å². The van der Waals surface area contributed by atoms with E-state index in [0.29, 0.717) is 0 Å². The van der Waals surface area contributed by atoms with Gasteiger partial charge in [0.25, 0.3) is 6.43 Å². The van der Waals surface area contributed by atoms with E-state index >= 15 is 0 Å². The van der Waals surface area contributed by atoms with Gasteiger partial charge in [0.15, 0.2) is 5.56 Å². The van der Waals surface area contributed by atoms with E-state index in [0.717, 1.165) is 0 Å². The molecular formula is C9H7F3N2O4. The van der Waals surface area contributed by atoms with E-state index in [-0.39, 0.29) is 12.7 Å². The number of rotatable bonds is 4. The van der Waals surface area contributed by atoms with Gasteiger partial charge in [0.1, 0.15) is 0 Å². The first kappa shape index (κ1) is 13.9. The van der Waals surface area contributed by atoms with Crippen molar-refractivity contribution in [1.82, 2.24) is 4.98 Å². The molecule has 0 amide bonds. The number of carbonyl (C=O) groups is 1. The lowest BCUT2D eigenvalue weighted by atomic mass is 10.1. The molecule has 0 aliphatic rings. The van der Waals surface area contributed by atoms with Gasteiger partial charge in [0.2, 0.25) is 0 Å². The van der Waals surface area contributed by atoms with Gasteiger partial charge in [0.05, 0.1) is 6.61 Å². The second kappa shape index (κ2) is 5.43. The van der Waals surface area contributed by atoms with Crippen molar-refractivity contribution in [3.05, 3.63) is 33.3 Å². The van der Waals surface area contributed by atoms with Crippen molar-refractivity contribution in [2.45, 2.75) is 13.3 Å². The van der Waals surface area contributed by atoms with Crippen LogP contribution in [0, 0.1) is 16.1 Å². The van der Waals surface area contributed by atoms with Crippen LogP contribution in [0.3, 0.4) is 0 Å². The van der Waals surface area contributed by atoms with Gasteiger partial charge in [-0.1, -0.05) is 0 Å². The Bertz CT molecular complexity index is 493. The third-order valence-electron chi connectivity index (χ3n) is 1.89. The summed E-state index contributed by atoms with van der Waals surface area (Å²) in [5.41, 5.74) is -2.15. The Morgan fingerprint density at radius 2 is 2.22 bits per heavy atom. The van der Waals surface area contributed by atoms with Gasteiger partial charge in [0, 0.05) is 11.6 Å². The Morgan fingerprint density at radius 3 is 2.67 bits per heavy atom. The van der Waals surface area contributed by atoms with Gasteiger partial charge in [-0.25, -0.2) is 13.6 Å². The number of ether oxygens (including phenoxy) is 1. The minimum Gasteiger partial charge on any atom is -0.462 e. The normalized spacial score (nSPS) is 10.5. The van der Waals surface area contributed by atoms with Crippen molar-refractivity contribution in [2.24, 2.45) is 0 Å². The molecule has 9 heteroatoms. The van der Waals surface area contributed by atoms with E-state index in [1.54, 1.807) is 0 Å². The number of pyridine rings is 1. The summed E-state index contributed by atoms with van der Waals surface area (Å²) in [5, 5.41) is 10.6. The van der Waals surface area contributed by atoms with E-state index in [2.05, 4.69) is 9.72 Å². The zero-order valence-corrected chi connectivity index (χ0v) is 9.02. The molecule has 0 atom stereocenters. The Kier molecular flexibility index (Phi) is 4.18. The van der Waals surface area contributed by atoms with Crippen molar-refractivity contribution in [3.8, 4) is 0 Å². The number of aromatic nitrogens is 1. The van der Waals surface area contributed by atoms with Gasteiger partial charge in [-0.05, 0) is 16.8 Å². The molecule has 6 nitrogen and oxygen atoms in total. The molecule has 1 aromatic rings. The maximum absolute atomic E-state index is 12.9. The monoisotopic (exact) mass is 264 g/mol. The molecule has 0 bridgehead atoms. The van der Waals surface area contributed by atoms with E-state index < -0.39 is 40.2 Å².